The third kappa shape index (κ3) is 3.01. The lowest BCUT2D eigenvalue weighted by atomic mass is 9.87. The molecule has 0 aliphatic carbocycles. The quantitative estimate of drug-likeness (QED) is 0.789. The van der Waals surface area contributed by atoms with E-state index in [0.717, 1.165) is 6.42 Å². The van der Waals surface area contributed by atoms with Gasteiger partial charge in [-0.15, -0.1) is 0 Å². The van der Waals surface area contributed by atoms with Crippen LogP contribution in [0.3, 0.4) is 0 Å². The minimum absolute atomic E-state index is 0.108. The molecular weight excluding hydrogens is 230 g/mol. The maximum Gasteiger partial charge on any atom is 0.186 e. The second kappa shape index (κ2) is 5.87. The van der Waals surface area contributed by atoms with E-state index in [-0.39, 0.29) is 5.78 Å². The summed E-state index contributed by atoms with van der Waals surface area (Å²) in [5.74, 6) is 1.04. The zero-order chi connectivity index (χ0) is 13.8. The van der Waals surface area contributed by atoms with E-state index in [9.17, 15) is 4.79 Å². The lowest BCUT2D eigenvalue weighted by Gasteiger charge is -2.23. The Balaban J connectivity index is 3.13. The Labute approximate surface area is 108 Å². The van der Waals surface area contributed by atoms with Crippen LogP contribution in [0.1, 0.15) is 37.0 Å². The molecule has 0 saturated heterocycles. The monoisotopic (exact) mass is 251 g/mol. The Morgan fingerprint density at radius 3 is 2.50 bits per heavy atom. The van der Waals surface area contributed by atoms with Gasteiger partial charge in [-0.1, -0.05) is 13.3 Å². The van der Waals surface area contributed by atoms with E-state index in [4.69, 9.17) is 15.2 Å². The number of carbonyl (C=O) groups is 1. The molecule has 2 N–H and O–H groups in total. The van der Waals surface area contributed by atoms with Crippen molar-refractivity contribution in [3.8, 4) is 11.5 Å². The normalized spacial score (nSPS) is 13.8. The molecule has 4 nitrogen and oxygen atoms in total. The molecule has 1 aromatic carbocycles. The van der Waals surface area contributed by atoms with Gasteiger partial charge >= 0.3 is 0 Å². The number of hydrogen-bond donors (Lipinski definition) is 1. The molecule has 0 aliphatic rings. The average Bonchev–Trinajstić information content (AvgIpc) is 2.37. The minimum Gasteiger partial charge on any atom is -0.497 e. The number of ether oxygens (including phenoxy) is 2. The van der Waals surface area contributed by atoms with Gasteiger partial charge in [0.15, 0.2) is 5.78 Å². The lowest BCUT2D eigenvalue weighted by Crippen LogP contribution is -2.44. The second-order valence-electron chi connectivity index (χ2n) is 4.56. The minimum atomic E-state index is -0.864. The summed E-state index contributed by atoms with van der Waals surface area (Å²) in [6, 6.07) is 5.12. The van der Waals surface area contributed by atoms with Gasteiger partial charge in [-0.2, -0.15) is 0 Å². The molecule has 0 fully saturated rings. The number of benzene rings is 1. The number of Topliss-reactive ketones (excluding diaryl/α,β-unsaturated/α-hetero) is 1. The fraction of sp³-hybridized carbons (Fsp3) is 0.500. The summed E-state index contributed by atoms with van der Waals surface area (Å²) in [7, 11) is 3.10. The van der Waals surface area contributed by atoms with Crippen LogP contribution in [0, 0.1) is 0 Å². The molecule has 1 rings (SSSR count). The summed E-state index contributed by atoms with van der Waals surface area (Å²) >= 11 is 0. The van der Waals surface area contributed by atoms with E-state index in [1.165, 1.54) is 7.11 Å². The summed E-state index contributed by atoms with van der Waals surface area (Å²) < 4.78 is 10.3. The summed E-state index contributed by atoms with van der Waals surface area (Å²) in [6.45, 7) is 3.76. The first kappa shape index (κ1) is 14.5. The number of ketones is 1. The van der Waals surface area contributed by atoms with Crippen molar-refractivity contribution in [1.29, 1.82) is 0 Å². The van der Waals surface area contributed by atoms with Crippen LogP contribution in [-0.4, -0.2) is 25.5 Å². The van der Waals surface area contributed by atoms with E-state index < -0.39 is 5.54 Å². The Hall–Kier alpha value is -1.55. The van der Waals surface area contributed by atoms with Crippen LogP contribution in [0.25, 0.3) is 0 Å². The number of rotatable bonds is 6. The molecule has 0 amide bonds. The largest absolute Gasteiger partial charge is 0.497 e. The fourth-order valence-electron chi connectivity index (χ4n) is 1.93. The Kier molecular flexibility index (Phi) is 4.73. The second-order valence-corrected chi connectivity index (χ2v) is 4.56. The molecule has 0 radical (unpaired) electrons. The molecule has 4 heteroatoms. The predicted molar refractivity (Wildman–Crippen MR) is 71.4 cm³/mol. The lowest BCUT2D eigenvalue weighted by molar-refractivity contribution is 0.0890. The smallest absolute Gasteiger partial charge is 0.186 e. The van der Waals surface area contributed by atoms with Crippen LogP contribution in [-0.2, 0) is 0 Å². The van der Waals surface area contributed by atoms with Crippen LogP contribution in [0.5, 0.6) is 11.5 Å². The third-order valence-corrected chi connectivity index (χ3v) is 2.94. The van der Waals surface area contributed by atoms with Gasteiger partial charge < -0.3 is 15.2 Å². The first-order valence-electron chi connectivity index (χ1n) is 6.02. The number of nitrogens with two attached hydrogens (primary N) is 1. The highest BCUT2D eigenvalue weighted by molar-refractivity contribution is 6.05. The molecule has 0 saturated carbocycles. The van der Waals surface area contributed by atoms with Crippen molar-refractivity contribution >= 4 is 5.78 Å². The third-order valence-electron chi connectivity index (χ3n) is 2.94. The van der Waals surface area contributed by atoms with Crippen molar-refractivity contribution in [3.63, 3.8) is 0 Å². The molecule has 0 aromatic heterocycles. The van der Waals surface area contributed by atoms with Crippen molar-refractivity contribution in [2.45, 2.75) is 32.2 Å². The SMILES string of the molecule is CCCC(C)(N)C(=O)c1ccc(OC)cc1OC. The Morgan fingerprint density at radius 2 is 2.00 bits per heavy atom. The zero-order valence-electron chi connectivity index (χ0n) is 11.4. The van der Waals surface area contributed by atoms with Gasteiger partial charge in [-0.05, 0) is 25.5 Å². The maximum absolute atomic E-state index is 12.4. The first-order valence-corrected chi connectivity index (χ1v) is 6.02. The molecule has 0 bridgehead atoms. The van der Waals surface area contributed by atoms with Gasteiger partial charge in [0.2, 0.25) is 0 Å². The summed E-state index contributed by atoms with van der Waals surface area (Å²) in [5, 5.41) is 0. The van der Waals surface area contributed by atoms with Crippen molar-refractivity contribution in [2.24, 2.45) is 5.73 Å². The molecule has 0 heterocycles. The highest BCUT2D eigenvalue weighted by Crippen LogP contribution is 2.28. The highest BCUT2D eigenvalue weighted by atomic mass is 16.5. The van der Waals surface area contributed by atoms with E-state index in [2.05, 4.69) is 0 Å². The van der Waals surface area contributed by atoms with Gasteiger partial charge in [-0.3, -0.25) is 4.79 Å². The standard InChI is InChI=1S/C14H21NO3/c1-5-8-14(2,15)13(16)11-7-6-10(17-3)9-12(11)18-4/h6-7,9H,5,8,15H2,1-4H3. The number of hydrogen-bond acceptors (Lipinski definition) is 4. The van der Waals surface area contributed by atoms with Crippen molar-refractivity contribution in [3.05, 3.63) is 23.8 Å². The number of methoxy groups -OCH3 is 2. The van der Waals surface area contributed by atoms with E-state index in [0.29, 0.717) is 23.5 Å². The van der Waals surface area contributed by atoms with Crippen molar-refractivity contribution < 1.29 is 14.3 Å². The fourth-order valence-corrected chi connectivity index (χ4v) is 1.93. The van der Waals surface area contributed by atoms with Crippen molar-refractivity contribution in [2.75, 3.05) is 14.2 Å². The van der Waals surface area contributed by atoms with Gasteiger partial charge in [-0.25, -0.2) is 0 Å². The maximum atomic E-state index is 12.4. The Morgan fingerprint density at radius 1 is 1.33 bits per heavy atom. The molecule has 0 aliphatic heterocycles. The molecule has 0 spiro atoms. The van der Waals surface area contributed by atoms with Gasteiger partial charge in [0.1, 0.15) is 11.5 Å². The molecule has 18 heavy (non-hydrogen) atoms. The summed E-state index contributed by atoms with van der Waals surface area (Å²) in [6.07, 6.45) is 1.50. The van der Waals surface area contributed by atoms with Gasteiger partial charge in [0.05, 0.1) is 25.3 Å². The number of carbonyl (C=O) groups excluding carboxylic acids is 1. The van der Waals surface area contributed by atoms with Crippen LogP contribution in [0.4, 0.5) is 0 Å². The summed E-state index contributed by atoms with van der Waals surface area (Å²) in [5.41, 5.74) is 5.69. The molecule has 100 valence electrons. The molecule has 1 unspecified atom stereocenters. The topological polar surface area (TPSA) is 61.6 Å². The molecule has 1 aromatic rings. The first-order chi connectivity index (χ1) is 8.46. The van der Waals surface area contributed by atoms with Crippen LogP contribution in [0.2, 0.25) is 0 Å². The zero-order valence-corrected chi connectivity index (χ0v) is 11.4. The van der Waals surface area contributed by atoms with Crippen molar-refractivity contribution in [1.82, 2.24) is 0 Å². The predicted octanol–water partition coefficient (Wildman–Crippen LogP) is 2.40. The Bertz CT molecular complexity index is 427. The van der Waals surface area contributed by atoms with Crippen LogP contribution >= 0.6 is 0 Å². The average molecular weight is 251 g/mol. The van der Waals surface area contributed by atoms with Crippen LogP contribution < -0.4 is 15.2 Å². The highest BCUT2D eigenvalue weighted by Gasteiger charge is 2.30. The van der Waals surface area contributed by atoms with Gasteiger partial charge in [0, 0.05) is 6.07 Å². The summed E-state index contributed by atoms with van der Waals surface area (Å²) in [4.78, 5) is 12.4. The van der Waals surface area contributed by atoms with E-state index in [1.807, 2.05) is 6.92 Å². The van der Waals surface area contributed by atoms with E-state index in [1.54, 1.807) is 32.2 Å². The van der Waals surface area contributed by atoms with E-state index >= 15 is 0 Å². The molecular formula is C14H21NO3. The molecule has 1 atom stereocenters. The van der Waals surface area contributed by atoms with Crippen LogP contribution in [0.15, 0.2) is 18.2 Å². The van der Waals surface area contributed by atoms with Gasteiger partial charge in [0.25, 0.3) is 0 Å².